The minimum Gasteiger partial charge on any atom is -0.394 e. The van der Waals surface area contributed by atoms with Gasteiger partial charge in [-0.3, -0.25) is 14.4 Å². The first-order chi connectivity index (χ1) is 14.1. The number of carbonyl (C=O) groups excluding carboxylic acids is 3. The second kappa shape index (κ2) is 8.59. The first-order valence-electron chi connectivity index (χ1n) is 10.4. The van der Waals surface area contributed by atoms with Crippen LogP contribution in [0.4, 0.5) is 0 Å². The smallest absolute Gasteiger partial charge is 0.256 e. The normalized spacial score (nSPS) is 24.6. The molecule has 0 aromatic heterocycles. The number of thioether (sulfide) groups is 1. The van der Waals surface area contributed by atoms with Crippen molar-refractivity contribution in [2.24, 2.45) is 5.92 Å². The van der Waals surface area contributed by atoms with Gasteiger partial charge in [0.25, 0.3) is 5.91 Å². The fraction of sp³-hybridized carbons (Fsp3) is 0.591. The number of amides is 3. The molecular weight excluding hydrogens is 402 g/mol. The predicted molar refractivity (Wildman–Crippen MR) is 117 cm³/mol. The maximum atomic E-state index is 13.2. The van der Waals surface area contributed by atoms with Crippen LogP contribution in [0.5, 0.6) is 0 Å². The van der Waals surface area contributed by atoms with Crippen LogP contribution >= 0.6 is 11.8 Å². The maximum absolute atomic E-state index is 13.2. The number of benzene rings is 1. The number of carbonyl (C=O) groups is 3. The highest BCUT2D eigenvalue weighted by atomic mass is 32.2. The Morgan fingerprint density at radius 2 is 1.90 bits per heavy atom. The van der Waals surface area contributed by atoms with Crippen molar-refractivity contribution in [2.45, 2.75) is 69.3 Å². The Morgan fingerprint density at radius 3 is 2.53 bits per heavy atom. The minimum atomic E-state index is -0.782. The molecule has 0 bridgehead atoms. The highest BCUT2D eigenvalue weighted by Gasteiger charge is 2.57. The third kappa shape index (κ3) is 3.95. The fourth-order valence-electron chi connectivity index (χ4n) is 4.12. The van der Waals surface area contributed by atoms with Gasteiger partial charge in [-0.25, -0.2) is 0 Å². The van der Waals surface area contributed by atoms with Crippen molar-refractivity contribution in [1.82, 2.24) is 15.5 Å². The Balaban J connectivity index is 1.73. The molecule has 1 fully saturated rings. The van der Waals surface area contributed by atoms with Gasteiger partial charge in [-0.05, 0) is 38.3 Å². The Labute approximate surface area is 182 Å². The van der Waals surface area contributed by atoms with Gasteiger partial charge in [0.2, 0.25) is 11.8 Å². The van der Waals surface area contributed by atoms with E-state index in [1.54, 1.807) is 29.7 Å². The summed E-state index contributed by atoms with van der Waals surface area (Å²) >= 11 is 1.59. The first-order valence-corrected chi connectivity index (χ1v) is 11.3. The van der Waals surface area contributed by atoms with E-state index < -0.39 is 16.8 Å². The molecule has 0 aliphatic carbocycles. The quantitative estimate of drug-likeness (QED) is 0.611. The SMILES string of the molecule is CC[C@H](C)[C@@H](CO)NC(=O)[C@H](C)NC(=O)[C@@H]1N2C(=O)c3ccccc3[C@@H]2SC1(C)C. The lowest BCUT2D eigenvalue weighted by atomic mass is 9.99. The summed E-state index contributed by atoms with van der Waals surface area (Å²) in [6.45, 7) is 9.31. The molecule has 0 unspecified atom stereocenters. The summed E-state index contributed by atoms with van der Waals surface area (Å²) < 4.78 is -0.501. The summed E-state index contributed by atoms with van der Waals surface area (Å²) in [6.07, 6.45) is 0.818. The molecule has 0 saturated carbocycles. The molecule has 1 aromatic carbocycles. The lowest BCUT2D eigenvalue weighted by Crippen LogP contribution is -2.57. The number of hydrogen-bond donors (Lipinski definition) is 3. The van der Waals surface area contributed by atoms with Crippen LogP contribution in [0.2, 0.25) is 0 Å². The molecule has 164 valence electrons. The van der Waals surface area contributed by atoms with E-state index in [0.717, 1.165) is 12.0 Å². The van der Waals surface area contributed by atoms with Crippen molar-refractivity contribution in [3.05, 3.63) is 35.4 Å². The summed E-state index contributed by atoms with van der Waals surface area (Å²) in [5.41, 5.74) is 1.56. The molecule has 3 rings (SSSR count). The van der Waals surface area contributed by atoms with E-state index in [2.05, 4.69) is 10.6 Å². The van der Waals surface area contributed by atoms with E-state index in [4.69, 9.17) is 0 Å². The summed E-state index contributed by atoms with van der Waals surface area (Å²) in [4.78, 5) is 40.5. The van der Waals surface area contributed by atoms with Crippen LogP contribution in [-0.4, -0.2) is 57.2 Å². The molecule has 0 spiro atoms. The van der Waals surface area contributed by atoms with Crippen molar-refractivity contribution in [3.8, 4) is 0 Å². The molecule has 3 amide bonds. The van der Waals surface area contributed by atoms with Gasteiger partial charge in [0.05, 0.1) is 12.6 Å². The second-order valence-electron chi connectivity index (χ2n) is 8.69. The highest BCUT2D eigenvalue weighted by molar-refractivity contribution is 8.01. The van der Waals surface area contributed by atoms with Crippen LogP contribution in [0.1, 0.15) is 62.3 Å². The maximum Gasteiger partial charge on any atom is 0.256 e. The third-order valence-electron chi connectivity index (χ3n) is 6.15. The van der Waals surface area contributed by atoms with Crippen molar-refractivity contribution in [2.75, 3.05) is 6.61 Å². The first kappa shape index (κ1) is 22.6. The summed E-state index contributed by atoms with van der Waals surface area (Å²) in [5.74, 6) is -0.724. The van der Waals surface area contributed by atoms with Crippen LogP contribution in [0, 0.1) is 5.92 Å². The molecule has 2 aliphatic rings. The van der Waals surface area contributed by atoms with E-state index >= 15 is 0 Å². The Hall–Kier alpha value is -2.06. The Bertz CT molecular complexity index is 843. The van der Waals surface area contributed by atoms with Crippen molar-refractivity contribution in [1.29, 1.82) is 0 Å². The van der Waals surface area contributed by atoms with Crippen LogP contribution < -0.4 is 10.6 Å². The number of hydrogen-bond acceptors (Lipinski definition) is 5. The zero-order valence-electron chi connectivity index (χ0n) is 18.1. The number of aliphatic hydroxyl groups excluding tert-OH is 1. The van der Waals surface area contributed by atoms with Crippen LogP contribution in [0.3, 0.4) is 0 Å². The van der Waals surface area contributed by atoms with Crippen molar-refractivity contribution in [3.63, 3.8) is 0 Å². The number of aliphatic hydroxyl groups is 1. The molecule has 2 heterocycles. The standard InChI is InChI=1S/C22H31N3O4S/c1-6-12(2)16(11-26)24-18(27)13(3)23-19(28)17-22(4,5)30-21-15-10-8-7-9-14(15)20(29)25(17)21/h7-10,12-13,16-17,21,26H,6,11H2,1-5H3,(H,23,28)(H,24,27)/t12-,13-,16+,17-,21-/m0/s1. The van der Waals surface area contributed by atoms with Gasteiger partial charge >= 0.3 is 0 Å². The fourth-order valence-corrected chi connectivity index (χ4v) is 5.71. The number of nitrogens with zero attached hydrogens (tertiary/aromatic N) is 1. The molecule has 5 atom stereocenters. The van der Waals surface area contributed by atoms with E-state index in [-0.39, 0.29) is 41.7 Å². The monoisotopic (exact) mass is 433 g/mol. The molecule has 2 aliphatic heterocycles. The number of fused-ring (bicyclic) bond motifs is 3. The molecule has 7 nitrogen and oxygen atoms in total. The van der Waals surface area contributed by atoms with Gasteiger partial charge in [-0.2, -0.15) is 0 Å². The summed E-state index contributed by atoms with van der Waals surface area (Å²) in [6, 6.07) is 5.61. The topological polar surface area (TPSA) is 98.7 Å². The number of rotatable bonds is 7. The highest BCUT2D eigenvalue weighted by Crippen LogP contribution is 2.56. The van der Waals surface area contributed by atoms with Crippen molar-refractivity contribution >= 4 is 29.5 Å². The third-order valence-corrected chi connectivity index (χ3v) is 7.69. The van der Waals surface area contributed by atoms with Crippen LogP contribution in [-0.2, 0) is 9.59 Å². The molecular formula is C22H31N3O4S. The summed E-state index contributed by atoms with van der Waals surface area (Å²) in [7, 11) is 0. The van der Waals surface area contributed by atoms with Gasteiger partial charge < -0.3 is 20.6 Å². The Kier molecular flexibility index (Phi) is 6.48. The molecule has 1 saturated heterocycles. The second-order valence-corrected chi connectivity index (χ2v) is 10.4. The zero-order valence-corrected chi connectivity index (χ0v) is 19.0. The average molecular weight is 434 g/mol. The number of nitrogens with one attached hydrogen (secondary N) is 2. The largest absolute Gasteiger partial charge is 0.394 e. The van der Waals surface area contributed by atoms with Crippen LogP contribution in [0.25, 0.3) is 0 Å². The molecule has 1 aromatic rings. The minimum absolute atomic E-state index is 0.119. The lowest BCUT2D eigenvalue weighted by molar-refractivity contribution is -0.132. The van der Waals surface area contributed by atoms with E-state index in [1.807, 2.05) is 45.9 Å². The van der Waals surface area contributed by atoms with Crippen molar-refractivity contribution < 1.29 is 19.5 Å². The van der Waals surface area contributed by atoms with E-state index in [0.29, 0.717) is 5.56 Å². The zero-order chi connectivity index (χ0) is 22.2. The molecule has 30 heavy (non-hydrogen) atoms. The van der Waals surface area contributed by atoms with E-state index in [1.165, 1.54) is 0 Å². The van der Waals surface area contributed by atoms with Gasteiger partial charge in [0.15, 0.2) is 0 Å². The van der Waals surface area contributed by atoms with Gasteiger partial charge in [0, 0.05) is 10.3 Å². The molecule has 0 radical (unpaired) electrons. The lowest BCUT2D eigenvalue weighted by Gasteiger charge is -2.31. The molecule has 8 heteroatoms. The molecule has 3 N–H and O–H groups in total. The van der Waals surface area contributed by atoms with Gasteiger partial charge in [-0.1, -0.05) is 38.5 Å². The van der Waals surface area contributed by atoms with Crippen LogP contribution in [0.15, 0.2) is 24.3 Å². The average Bonchev–Trinajstić information content (AvgIpc) is 3.14. The Morgan fingerprint density at radius 1 is 1.23 bits per heavy atom. The van der Waals surface area contributed by atoms with Gasteiger partial charge in [-0.15, -0.1) is 11.8 Å². The summed E-state index contributed by atoms with van der Waals surface area (Å²) in [5, 5.41) is 14.9. The van der Waals surface area contributed by atoms with Gasteiger partial charge in [0.1, 0.15) is 17.5 Å². The predicted octanol–water partition coefficient (Wildman–Crippen LogP) is 2.06. The van der Waals surface area contributed by atoms with E-state index in [9.17, 15) is 19.5 Å².